The molecule has 1 aliphatic rings. The van der Waals surface area contributed by atoms with Crippen LogP contribution >= 0.6 is 15.9 Å². The predicted octanol–water partition coefficient (Wildman–Crippen LogP) is 2.48. The predicted molar refractivity (Wildman–Crippen MR) is 109 cm³/mol. The Kier molecular flexibility index (Phi) is 7.08. The van der Waals surface area contributed by atoms with Crippen molar-refractivity contribution in [3.63, 3.8) is 0 Å². The Morgan fingerprint density at radius 1 is 1.27 bits per heavy atom. The van der Waals surface area contributed by atoms with E-state index in [2.05, 4.69) is 65.8 Å². The minimum Gasteiger partial charge on any atom is -0.355 e. The van der Waals surface area contributed by atoms with E-state index in [1.807, 2.05) is 24.0 Å². The number of likely N-dealkylation sites (tertiary alicyclic amines) is 1. The number of hydrogen-bond donors (Lipinski definition) is 2. The van der Waals surface area contributed by atoms with Crippen molar-refractivity contribution in [3.8, 4) is 0 Å². The quantitative estimate of drug-likeness (QED) is 0.558. The summed E-state index contributed by atoms with van der Waals surface area (Å²) < 4.78 is 3.05. The molecule has 7 heteroatoms. The highest BCUT2D eigenvalue weighted by Gasteiger charge is 2.20. The fraction of sp³-hybridized carbons (Fsp3) is 0.474. The van der Waals surface area contributed by atoms with Crippen LogP contribution in [0.5, 0.6) is 0 Å². The van der Waals surface area contributed by atoms with E-state index < -0.39 is 0 Å². The van der Waals surface area contributed by atoms with Gasteiger partial charge in [-0.3, -0.25) is 14.6 Å². The number of guanidine groups is 1. The molecule has 0 unspecified atom stereocenters. The number of nitrogens with one attached hydrogen (secondary N) is 2. The summed E-state index contributed by atoms with van der Waals surface area (Å²) in [6.07, 6.45) is 6.04. The molecule has 2 aromatic rings. The maximum Gasteiger partial charge on any atom is 0.191 e. The summed E-state index contributed by atoms with van der Waals surface area (Å²) in [4.78, 5) is 6.87. The smallest absolute Gasteiger partial charge is 0.191 e. The lowest BCUT2D eigenvalue weighted by atomic mass is 10.0. The summed E-state index contributed by atoms with van der Waals surface area (Å²) in [5.74, 6) is 0.878. The third-order valence-corrected chi connectivity index (χ3v) is 5.19. The second-order valence-electron chi connectivity index (χ2n) is 6.59. The molecule has 1 saturated heterocycles. The third kappa shape index (κ3) is 5.85. The van der Waals surface area contributed by atoms with Gasteiger partial charge in [0.1, 0.15) is 0 Å². The van der Waals surface area contributed by atoms with Crippen molar-refractivity contribution < 1.29 is 0 Å². The summed E-state index contributed by atoms with van der Waals surface area (Å²) in [5.41, 5.74) is 1.37. The Bertz CT molecular complexity index is 675. The van der Waals surface area contributed by atoms with Crippen LogP contribution in [-0.4, -0.2) is 53.4 Å². The average Bonchev–Trinajstić information content (AvgIpc) is 3.18. The van der Waals surface area contributed by atoms with Crippen molar-refractivity contribution in [1.29, 1.82) is 0 Å². The number of piperidine rings is 1. The van der Waals surface area contributed by atoms with E-state index in [4.69, 9.17) is 0 Å². The lowest BCUT2D eigenvalue weighted by Gasteiger charge is -2.33. The van der Waals surface area contributed by atoms with Crippen molar-refractivity contribution in [2.75, 3.05) is 26.7 Å². The molecule has 0 spiro atoms. The minimum absolute atomic E-state index is 0.479. The van der Waals surface area contributed by atoms with Gasteiger partial charge in [-0.25, -0.2) is 0 Å². The van der Waals surface area contributed by atoms with Crippen molar-refractivity contribution in [2.45, 2.75) is 32.0 Å². The van der Waals surface area contributed by atoms with Gasteiger partial charge in [0, 0.05) is 56.1 Å². The normalized spacial score (nSPS) is 16.6. The molecule has 0 radical (unpaired) electrons. The molecular formula is C19H27BrN6. The molecule has 2 N–H and O–H groups in total. The summed E-state index contributed by atoms with van der Waals surface area (Å²) in [6, 6.07) is 11.0. The van der Waals surface area contributed by atoms with E-state index in [9.17, 15) is 0 Å². The molecule has 1 aromatic heterocycles. The first-order valence-electron chi connectivity index (χ1n) is 9.14. The van der Waals surface area contributed by atoms with Crippen molar-refractivity contribution in [3.05, 3.63) is 52.8 Å². The standard InChI is InChI=1S/C19H27BrN6/c1-21-19(22-10-14-26-11-2-9-23-26)24-18-7-12-25(13-8-18)15-16-3-5-17(20)6-4-16/h2-6,9,11,18H,7-8,10,12-15H2,1H3,(H2,21,22,24). The number of benzene rings is 1. The van der Waals surface area contributed by atoms with Gasteiger partial charge in [-0.2, -0.15) is 5.10 Å². The second kappa shape index (κ2) is 9.73. The molecule has 140 valence electrons. The molecule has 3 rings (SSSR count). The molecule has 1 aromatic carbocycles. The zero-order valence-electron chi connectivity index (χ0n) is 15.2. The van der Waals surface area contributed by atoms with Crippen LogP contribution in [0.2, 0.25) is 0 Å². The zero-order valence-corrected chi connectivity index (χ0v) is 16.8. The highest BCUT2D eigenvalue weighted by atomic mass is 79.9. The largest absolute Gasteiger partial charge is 0.355 e. The summed E-state index contributed by atoms with van der Waals surface area (Å²) in [5, 5.41) is 11.1. The van der Waals surface area contributed by atoms with Gasteiger partial charge in [0.15, 0.2) is 5.96 Å². The lowest BCUT2D eigenvalue weighted by Crippen LogP contribution is -2.49. The number of aromatic nitrogens is 2. The van der Waals surface area contributed by atoms with Gasteiger partial charge < -0.3 is 10.6 Å². The SMILES string of the molecule is CN=C(NCCn1cccn1)NC1CCN(Cc2ccc(Br)cc2)CC1. The molecule has 6 nitrogen and oxygen atoms in total. The first kappa shape index (κ1) is 18.9. The Balaban J connectivity index is 1.37. The molecule has 0 bridgehead atoms. The number of nitrogens with zero attached hydrogens (tertiary/aromatic N) is 4. The van der Waals surface area contributed by atoms with E-state index in [-0.39, 0.29) is 0 Å². The first-order chi connectivity index (χ1) is 12.7. The molecule has 0 saturated carbocycles. The molecule has 1 fully saturated rings. The Morgan fingerprint density at radius 2 is 2.04 bits per heavy atom. The van der Waals surface area contributed by atoms with Crippen LogP contribution in [0.25, 0.3) is 0 Å². The van der Waals surface area contributed by atoms with Crippen molar-refractivity contribution in [2.24, 2.45) is 4.99 Å². The summed E-state index contributed by atoms with van der Waals surface area (Å²) in [6.45, 7) is 4.88. The van der Waals surface area contributed by atoms with Gasteiger partial charge in [-0.1, -0.05) is 28.1 Å². The molecule has 0 amide bonds. The number of hydrogen-bond acceptors (Lipinski definition) is 3. The fourth-order valence-electron chi connectivity index (χ4n) is 3.19. The van der Waals surface area contributed by atoms with Gasteiger partial charge in [0.25, 0.3) is 0 Å². The molecule has 0 atom stereocenters. The van der Waals surface area contributed by atoms with Crippen molar-refractivity contribution in [1.82, 2.24) is 25.3 Å². The van der Waals surface area contributed by atoms with E-state index in [0.29, 0.717) is 6.04 Å². The Labute approximate surface area is 163 Å². The number of aliphatic imine (C=N–C) groups is 1. The van der Waals surface area contributed by atoms with Gasteiger partial charge >= 0.3 is 0 Å². The molecule has 1 aliphatic heterocycles. The zero-order chi connectivity index (χ0) is 18.2. The van der Waals surface area contributed by atoms with Gasteiger partial charge in [0.05, 0.1) is 6.54 Å². The van der Waals surface area contributed by atoms with Crippen LogP contribution in [-0.2, 0) is 13.1 Å². The maximum absolute atomic E-state index is 4.34. The monoisotopic (exact) mass is 418 g/mol. The fourth-order valence-corrected chi connectivity index (χ4v) is 3.46. The summed E-state index contributed by atoms with van der Waals surface area (Å²) >= 11 is 3.49. The Morgan fingerprint density at radius 3 is 2.69 bits per heavy atom. The summed E-state index contributed by atoms with van der Waals surface area (Å²) in [7, 11) is 1.83. The van der Waals surface area contributed by atoms with E-state index >= 15 is 0 Å². The van der Waals surface area contributed by atoms with Gasteiger partial charge in [-0.05, 0) is 36.6 Å². The van der Waals surface area contributed by atoms with E-state index in [1.54, 1.807) is 6.20 Å². The van der Waals surface area contributed by atoms with E-state index in [0.717, 1.165) is 56.0 Å². The molecular weight excluding hydrogens is 392 g/mol. The number of halogens is 1. The lowest BCUT2D eigenvalue weighted by molar-refractivity contribution is 0.198. The van der Waals surface area contributed by atoms with Crippen molar-refractivity contribution >= 4 is 21.9 Å². The van der Waals surface area contributed by atoms with Crippen LogP contribution in [0.3, 0.4) is 0 Å². The van der Waals surface area contributed by atoms with Gasteiger partial charge in [-0.15, -0.1) is 0 Å². The third-order valence-electron chi connectivity index (χ3n) is 4.66. The van der Waals surface area contributed by atoms with Crippen LogP contribution in [0.15, 0.2) is 52.2 Å². The second-order valence-corrected chi connectivity index (χ2v) is 7.51. The highest BCUT2D eigenvalue weighted by molar-refractivity contribution is 9.10. The average molecular weight is 419 g/mol. The van der Waals surface area contributed by atoms with Crippen LogP contribution in [0.4, 0.5) is 0 Å². The van der Waals surface area contributed by atoms with Gasteiger partial charge in [0.2, 0.25) is 0 Å². The van der Waals surface area contributed by atoms with Crippen LogP contribution in [0.1, 0.15) is 18.4 Å². The maximum atomic E-state index is 4.34. The van der Waals surface area contributed by atoms with E-state index in [1.165, 1.54) is 5.56 Å². The number of rotatable bonds is 6. The minimum atomic E-state index is 0.479. The topological polar surface area (TPSA) is 57.5 Å². The Hall–Kier alpha value is -1.86. The van der Waals surface area contributed by atoms with Crippen LogP contribution in [0, 0.1) is 0 Å². The highest BCUT2D eigenvalue weighted by Crippen LogP contribution is 2.16. The molecule has 26 heavy (non-hydrogen) atoms. The first-order valence-corrected chi connectivity index (χ1v) is 9.93. The molecule has 2 heterocycles. The molecule has 0 aliphatic carbocycles. The van der Waals surface area contributed by atoms with Crippen LogP contribution < -0.4 is 10.6 Å².